The number of hydrogen-bond donors (Lipinski definition) is 0. The highest BCUT2D eigenvalue weighted by atomic mass is 32.1. The molecule has 0 amide bonds. The van der Waals surface area contributed by atoms with Crippen molar-refractivity contribution in [2.45, 2.75) is 117 Å². The molecule has 14 heteroatoms. The first-order valence-electron chi connectivity index (χ1n) is 20.2. The molecule has 0 aliphatic carbocycles. The number of halogens is 4. The van der Waals surface area contributed by atoms with Crippen molar-refractivity contribution >= 4 is 70.8 Å². The summed E-state index contributed by atoms with van der Waals surface area (Å²) in [7, 11) is -6.10. The summed E-state index contributed by atoms with van der Waals surface area (Å²) in [6, 6.07) is 17.4. The lowest BCUT2D eigenvalue weighted by Crippen LogP contribution is -2.38. The molecule has 4 heterocycles. The normalized spacial score (nSPS) is 15.6. The van der Waals surface area contributed by atoms with Crippen LogP contribution >= 0.6 is 22.7 Å². The fraction of sp³-hybridized carbons (Fsp3) is 0.429. The molecular formula is C42H50B2F4N6S2. The quantitative estimate of drug-likeness (QED) is 0.0451. The van der Waals surface area contributed by atoms with Gasteiger partial charge in [-0.2, -0.15) is 0 Å². The Balaban J connectivity index is 1.40. The number of amidine groups is 2. The molecule has 0 fully saturated rings. The molecule has 294 valence electrons. The second-order valence-electron chi connectivity index (χ2n) is 14.3. The van der Waals surface area contributed by atoms with Crippen molar-refractivity contribution in [2.24, 2.45) is 9.98 Å². The Morgan fingerprint density at radius 3 is 1.23 bits per heavy atom. The van der Waals surface area contributed by atoms with Gasteiger partial charge in [-0.25, -0.2) is 20.0 Å². The van der Waals surface area contributed by atoms with E-state index in [1.807, 2.05) is 0 Å². The summed E-state index contributed by atoms with van der Waals surface area (Å²) in [5, 5.41) is 0.585. The number of aliphatic imine (C=N–C) groups is 2. The maximum atomic E-state index is 15.6. The molecule has 0 radical (unpaired) electrons. The summed E-state index contributed by atoms with van der Waals surface area (Å²) >= 11 is 2.70. The maximum Gasteiger partial charge on any atom is 0.679 e. The van der Waals surface area contributed by atoms with Crippen molar-refractivity contribution in [3.63, 3.8) is 0 Å². The van der Waals surface area contributed by atoms with Gasteiger partial charge >= 0.3 is 14.8 Å². The highest BCUT2D eigenvalue weighted by Crippen LogP contribution is 2.50. The van der Waals surface area contributed by atoms with Crippen molar-refractivity contribution in [2.75, 3.05) is 0 Å². The van der Waals surface area contributed by atoms with Crippen molar-refractivity contribution < 1.29 is 17.3 Å². The lowest BCUT2D eigenvalue weighted by atomic mass is 10.0. The second-order valence-corrected chi connectivity index (χ2v) is 16.5. The standard InChI is InChI=1S/C42H50B2F4N6S2/c1-3-5-7-9-11-13-21-27-33-29-49-41(55-33)51-39-35-36(38(53(39)43(45)46)32-25-19-16-20-26-32)40(54(44(47)48)37(35)31-23-17-15-18-24-31)52-42-50-30-34(56-42)28-22-14-12-10-8-6-4-2/h15-20,23-26,29-30H,3-14,21-22,27-28H2,1-2H3/b51-39-,52-40-. The molecule has 6 rings (SSSR count). The van der Waals surface area contributed by atoms with Crippen LogP contribution in [-0.2, 0) is 12.8 Å². The summed E-state index contributed by atoms with van der Waals surface area (Å²) in [6.07, 6.45) is 21.6. The maximum absolute atomic E-state index is 15.6. The number of nitrogens with zero attached hydrogens (tertiary/aromatic N) is 6. The van der Waals surface area contributed by atoms with Crippen LogP contribution in [0.5, 0.6) is 0 Å². The van der Waals surface area contributed by atoms with Gasteiger partial charge in [-0.1, -0.05) is 174 Å². The number of hydrogen-bond acceptors (Lipinski definition) is 6. The first-order valence-corrected chi connectivity index (χ1v) is 21.9. The lowest BCUT2D eigenvalue weighted by Gasteiger charge is -2.25. The van der Waals surface area contributed by atoms with Gasteiger partial charge in [0.15, 0.2) is 0 Å². The average molecular weight is 801 g/mol. The van der Waals surface area contributed by atoms with E-state index in [0.29, 0.717) is 21.4 Å². The molecular weight excluding hydrogens is 750 g/mol. The zero-order valence-corrected chi connectivity index (χ0v) is 34.0. The number of thiazole rings is 2. The van der Waals surface area contributed by atoms with Crippen molar-refractivity contribution in [1.29, 1.82) is 0 Å². The van der Waals surface area contributed by atoms with Gasteiger partial charge in [0.25, 0.3) is 0 Å². The SMILES string of the molecule is CCCCCCCCCc1cnc(/N=C2/C3=C(c4ccccc4)N(B(F)F)/C(=N\c4ncc(CCCCCCCCC)s4)C3=C(c3ccccc3)N2B(F)F)s1. The first kappa shape index (κ1) is 41.6. The van der Waals surface area contributed by atoms with Crippen LogP contribution in [0.25, 0.3) is 11.4 Å². The van der Waals surface area contributed by atoms with Crippen LogP contribution in [0.15, 0.2) is 94.2 Å². The van der Waals surface area contributed by atoms with Gasteiger partial charge in [-0.3, -0.25) is 17.3 Å². The van der Waals surface area contributed by atoms with Gasteiger partial charge in [-0.15, -0.1) is 0 Å². The van der Waals surface area contributed by atoms with Crippen molar-refractivity contribution in [3.8, 4) is 0 Å². The Hall–Kier alpha value is -4.03. The molecule has 0 N–H and O–H groups in total. The molecule has 2 aliphatic heterocycles. The third-order valence-corrected chi connectivity index (χ3v) is 12.0. The van der Waals surface area contributed by atoms with Crippen molar-refractivity contribution in [1.82, 2.24) is 19.6 Å². The predicted molar refractivity (Wildman–Crippen MR) is 228 cm³/mol. The summed E-state index contributed by atoms with van der Waals surface area (Å²) in [5.41, 5.74) is 1.31. The van der Waals surface area contributed by atoms with Gasteiger partial charge in [0.2, 0.25) is 10.3 Å². The molecule has 0 saturated heterocycles. The smallest absolute Gasteiger partial charge is 0.308 e. The Morgan fingerprint density at radius 2 is 0.875 bits per heavy atom. The van der Waals surface area contributed by atoms with E-state index in [-0.39, 0.29) is 34.2 Å². The second kappa shape index (κ2) is 20.9. The molecule has 0 spiro atoms. The van der Waals surface area contributed by atoms with Crippen LogP contribution in [-0.4, -0.2) is 46.1 Å². The molecule has 0 atom stereocenters. The zero-order chi connectivity index (χ0) is 39.3. The van der Waals surface area contributed by atoms with Crippen LogP contribution in [0.4, 0.5) is 27.5 Å². The number of fused-ring (bicyclic) bond motifs is 1. The van der Waals surface area contributed by atoms with Crippen LogP contribution in [0.2, 0.25) is 0 Å². The van der Waals surface area contributed by atoms with Crippen LogP contribution in [0, 0.1) is 0 Å². The third-order valence-electron chi connectivity index (χ3n) is 10.1. The number of rotatable bonds is 22. The van der Waals surface area contributed by atoms with Crippen LogP contribution in [0.1, 0.15) is 125 Å². The largest absolute Gasteiger partial charge is 0.679 e. The van der Waals surface area contributed by atoms with E-state index in [1.54, 1.807) is 73.1 Å². The molecule has 56 heavy (non-hydrogen) atoms. The Morgan fingerprint density at radius 1 is 0.518 bits per heavy atom. The summed E-state index contributed by atoms with van der Waals surface area (Å²) < 4.78 is 62.4. The minimum Gasteiger partial charge on any atom is -0.308 e. The van der Waals surface area contributed by atoms with E-state index < -0.39 is 14.8 Å². The van der Waals surface area contributed by atoms with E-state index >= 15 is 17.3 Å². The van der Waals surface area contributed by atoms with Gasteiger partial charge in [0, 0.05) is 22.1 Å². The van der Waals surface area contributed by atoms with Crippen molar-refractivity contribution in [3.05, 3.63) is 105 Å². The fourth-order valence-electron chi connectivity index (χ4n) is 7.35. The molecule has 2 aliphatic rings. The molecule has 6 nitrogen and oxygen atoms in total. The van der Waals surface area contributed by atoms with Crippen LogP contribution in [0.3, 0.4) is 0 Å². The average Bonchev–Trinajstić information content (AvgIpc) is 3.99. The first-order chi connectivity index (χ1) is 27.4. The van der Waals surface area contributed by atoms with Gasteiger partial charge in [0.1, 0.15) is 11.7 Å². The number of aryl methyl sites for hydroxylation is 2. The summed E-state index contributed by atoms with van der Waals surface area (Å²) in [4.78, 5) is 22.4. The number of aromatic nitrogens is 2. The lowest BCUT2D eigenvalue weighted by molar-refractivity contribution is 0.570. The topological polar surface area (TPSA) is 57.0 Å². The number of unbranched alkanes of at least 4 members (excludes halogenated alkanes) is 12. The Kier molecular flexibility index (Phi) is 15.6. The highest BCUT2D eigenvalue weighted by molar-refractivity contribution is 7.15. The molecule has 0 bridgehead atoms. The number of benzene rings is 2. The minimum absolute atomic E-state index is 0.0596. The van der Waals surface area contributed by atoms with E-state index in [4.69, 9.17) is 9.98 Å². The van der Waals surface area contributed by atoms with Crippen LogP contribution < -0.4 is 0 Å². The Bertz CT molecular complexity index is 1840. The predicted octanol–water partition coefficient (Wildman–Crippen LogP) is 13.2. The molecule has 0 saturated carbocycles. The Labute approximate surface area is 338 Å². The van der Waals surface area contributed by atoms with Gasteiger partial charge in [-0.05, 0) is 36.8 Å². The monoisotopic (exact) mass is 800 g/mol. The highest BCUT2D eigenvalue weighted by Gasteiger charge is 2.53. The summed E-state index contributed by atoms with van der Waals surface area (Å²) in [5.74, 6) is -0.279. The minimum atomic E-state index is -3.05. The molecule has 2 aromatic carbocycles. The van der Waals surface area contributed by atoms with Gasteiger partial charge < -0.3 is 9.62 Å². The van der Waals surface area contributed by atoms with E-state index in [0.717, 1.165) is 57.9 Å². The third kappa shape index (κ3) is 10.3. The van der Waals surface area contributed by atoms with E-state index in [2.05, 4.69) is 23.8 Å². The molecule has 4 aromatic rings. The van der Waals surface area contributed by atoms with Gasteiger partial charge in [0.05, 0.1) is 22.5 Å². The molecule has 2 aromatic heterocycles. The summed E-state index contributed by atoms with van der Waals surface area (Å²) in [6.45, 7) is 4.41. The zero-order valence-electron chi connectivity index (χ0n) is 32.4. The van der Waals surface area contributed by atoms with E-state index in [1.165, 1.54) is 86.9 Å². The van der Waals surface area contributed by atoms with E-state index in [9.17, 15) is 0 Å². The molecule has 0 unspecified atom stereocenters. The fourth-order valence-corrected chi connectivity index (χ4v) is 8.99.